The number of carboxylic acid groups (broad SMARTS) is 1. The molecule has 0 bridgehead atoms. The molecule has 0 saturated heterocycles. The van der Waals surface area contributed by atoms with Crippen LogP contribution in [0.3, 0.4) is 0 Å². The molecule has 0 amide bonds. The van der Waals surface area contributed by atoms with E-state index >= 15 is 0 Å². The van der Waals surface area contributed by atoms with Gasteiger partial charge in [-0.25, -0.2) is 4.79 Å². The van der Waals surface area contributed by atoms with Gasteiger partial charge < -0.3 is 5.11 Å². The van der Waals surface area contributed by atoms with E-state index in [-0.39, 0.29) is 0 Å². The predicted octanol–water partition coefficient (Wildman–Crippen LogP) is 5.62. The highest BCUT2D eigenvalue weighted by molar-refractivity contribution is 6.03. The van der Waals surface area contributed by atoms with Gasteiger partial charge in [0.25, 0.3) is 0 Å². The van der Waals surface area contributed by atoms with Crippen LogP contribution in [0.25, 0.3) is 10.8 Å². The van der Waals surface area contributed by atoms with Crippen molar-refractivity contribution in [2.45, 2.75) is 41.5 Å². The fourth-order valence-electron chi connectivity index (χ4n) is 1.41. The van der Waals surface area contributed by atoms with E-state index in [1.165, 1.54) is 0 Å². The monoisotopic (exact) mass is 262 g/mol. The summed E-state index contributed by atoms with van der Waals surface area (Å²) in [5, 5.41) is 10.6. The number of carbonyl (C=O) groups is 1. The zero-order valence-electron chi connectivity index (χ0n) is 12.9. The van der Waals surface area contributed by atoms with Crippen molar-refractivity contribution >= 4 is 16.7 Å². The summed E-state index contributed by atoms with van der Waals surface area (Å²) in [6.45, 7) is 12.0. The van der Waals surface area contributed by atoms with Crippen LogP contribution in [0.15, 0.2) is 42.5 Å². The van der Waals surface area contributed by atoms with Gasteiger partial charge in [0, 0.05) is 0 Å². The summed E-state index contributed by atoms with van der Waals surface area (Å²) in [5.41, 5.74) is 0.359. The molecule has 0 saturated carbocycles. The van der Waals surface area contributed by atoms with Crippen molar-refractivity contribution < 1.29 is 9.90 Å². The van der Waals surface area contributed by atoms with Crippen molar-refractivity contribution in [1.29, 1.82) is 0 Å². The van der Waals surface area contributed by atoms with Gasteiger partial charge in [-0.2, -0.15) is 0 Å². The van der Waals surface area contributed by atoms with Gasteiger partial charge in [0.15, 0.2) is 0 Å². The van der Waals surface area contributed by atoms with E-state index in [0.717, 1.165) is 10.8 Å². The van der Waals surface area contributed by atoms with Crippen LogP contribution in [0.5, 0.6) is 0 Å². The summed E-state index contributed by atoms with van der Waals surface area (Å²) in [6, 6.07) is 12.7. The molecule has 0 aliphatic rings. The number of hydrogen-bond donors (Lipinski definition) is 1. The third kappa shape index (κ3) is 6.05. The maximum absolute atomic E-state index is 10.8. The predicted molar refractivity (Wildman–Crippen MR) is 85.0 cm³/mol. The number of aromatic carboxylic acids is 1. The maximum atomic E-state index is 10.8. The van der Waals surface area contributed by atoms with Gasteiger partial charge in [-0.15, -0.1) is 0 Å². The topological polar surface area (TPSA) is 37.3 Å². The smallest absolute Gasteiger partial charge is 0.336 e. The third-order valence-corrected chi connectivity index (χ3v) is 2.02. The Balaban J connectivity index is 0. The molecule has 0 heterocycles. The Labute approximate surface area is 117 Å². The summed E-state index contributed by atoms with van der Waals surface area (Å²) >= 11 is 0. The first-order valence-corrected chi connectivity index (χ1v) is 7.00. The maximum Gasteiger partial charge on any atom is 0.336 e. The molecule has 0 radical (unpaired) electrons. The quantitative estimate of drug-likeness (QED) is 0.724. The van der Waals surface area contributed by atoms with Crippen LogP contribution in [0.1, 0.15) is 51.9 Å². The molecule has 0 fully saturated rings. The molecule has 1 N–H and O–H groups in total. The summed E-state index contributed by atoms with van der Waals surface area (Å²) in [7, 11) is 0. The molecule has 0 unspecified atom stereocenters. The second kappa shape index (κ2) is 12.6. The molecule has 2 aromatic carbocycles. The fraction of sp³-hybridized carbons (Fsp3) is 0.353. The van der Waals surface area contributed by atoms with Crippen LogP contribution in [0.2, 0.25) is 0 Å². The highest BCUT2D eigenvalue weighted by Crippen LogP contribution is 2.17. The SMILES string of the molecule is CC.CC.CC.O=C(O)c1cccc2ccccc12. The molecule has 0 aliphatic carbocycles. The Morgan fingerprint density at radius 2 is 1.26 bits per heavy atom. The molecule has 19 heavy (non-hydrogen) atoms. The summed E-state index contributed by atoms with van der Waals surface area (Å²) < 4.78 is 0. The van der Waals surface area contributed by atoms with Gasteiger partial charge in [-0.3, -0.25) is 0 Å². The van der Waals surface area contributed by atoms with Gasteiger partial charge >= 0.3 is 5.97 Å². The van der Waals surface area contributed by atoms with E-state index in [9.17, 15) is 4.79 Å². The summed E-state index contributed by atoms with van der Waals surface area (Å²) in [4.78, 5) is 10.8. The zero-order chi connectivity index (χ0) is 15.3. The van der Waals surface area contributed by atoms with E-state index in [4.69, 9.17) is 5.11 Å². The van der Waals surface area contributed by atoms with E-state index in [2.05, 4.69) is 0 Å². The Bertz CT molecular complexity index is 456. The van der Waals surface area contributed by atoms with Crippen molar-refractivity contribution in [2.24, 2.45) is 0 Å². The average molecular weight is 262 g/mol. The average Bonchev–Trinajstić information content (AvgIpc) is 2.52. The van der Waals surface area contributed by atoms with Crippen molar-refractivity contribution in [2.75, 3.05) is 0 Å². The lowest BCUT2D eigenvalue weighted by Crippen LogP contribution is -1.96. The van der Waals surface area contributed by atoms with Crippen LogP contribution in [0.4, 0.5) is 0 Å². The number of rotatable bonds is 1. The van der Waals surface area contributed by atoms with Crippen molar-refractivity contribution in [3.63, 3.8) is 0 Å². The van der Waals surface area contributed by atoms with E-state index in [1.807, 2.05) is 71.9 Å². The molecule has 2 heteroatoms. The highest BCUT2D eigenvalue weighted by Gasteiger charge is 2.05. The van der Waals surface area contributed by atoms with Gasteiger partial charge in [-0.1, -0.05) is 77.9 Å². The van der Waals surface area contributed by atoms with Gasteiger partial charge in [0.05, 0.1) is 5.56 Å². The molecule has 106 valence electrons. The Kier molecular flexibility index (Phi) is 13.0. The van der Waals surface area contributed by atoms with Gasteiger partial charge in [0.1, 0.15) is 0 Å². The summed E-state index contributed by atoms with van der Waals surface area (Å²) in [6.07, 6.45) is 0. The minimum Gasteiger partial charge on any atom is -0.478 e. The molecular formula is C17H26O2. The number of fused-ring (bicyclic) bond motifs is 1. The molecular weight excluding hydrogens is 236 g/mol. The first-order valence-electron chi connectivity index (χ1n) is 7.00. The second-order valence-corrected chi connectivity index (χ2v) is 2.83. The Morgan fingerprint density at radius 3 is 1.79 bits per heavy atom. The van der Waals surface area contributed by atoms with Gasteiger partial charge in [-0.05, 0) is 16.8 Å². The van der Waals surface area contributed by atoms with Crippen molar-refractivity contribution in [1.82, 2.24) is 0 Å². The lowest BCUT2D eigenvalue weighted by molar-refractivity contribution is 0.0699. The minimum atomic E-state index is -0.878. The van der Waals surface area contributed by atoms with Crippen LogP contribution in [-0.2, 0) is 0 Å². The number of carboxylic acids is 1. The Morgan fingerprint density at radius 1 is 0.789 bits per heavy atom. The molecule has 0 aromatic heterocycles. The van der Waals surface area contributed by atoms with Crippen LogP contribution < -0.4 is 0 Å². The zero-order valence-corrected chi connectivity index (χ0v) is 12.9. The van der Waals surface area contributed by atoms with Gasteiger partial charge in [0.2, 0.25) is 0 Å². The first-order chi connectivity index (χ1) is 9.29. The normalized spacial score (nSPS) is 7.89. The summed E-state index contributed by atoms with van der Waals surface area (Å²) in [5.74, 6) is -0.878. The van der Waals surface area contributed by atoms with Crippen molar-refractivity contribution in [3.8, 4) is 0 Å². The lowest BCUT2D eigenvalue weighted by atomic mass is 10.1. The standard InChI is InChI=1S/C11H8O2.3C2H6/c12-11(13)10-7-3-5-8-4-1-2-6-9(8)10;3*1-2/h1-7H,(H,12,13);3*1-2H3. The Hall–Kier alpha value is -1.83. The molecule has 0 atom stereocenters. The van der Waals surface area contributed by atoms with E-state index in [1.54, 1.807) is 12.1 Å². The molecule has 2 aromatic rings. The third-order valence-electron chi connectivity index (χ3n) is 2.02. The van der Waals surface area contributed by atoms with Crippen LogP contribution >= 0.6 is 0 Å². The van der Waals surface area contributed by atoms with E-state index in [0.29, 0.717) is 5.56 Å². The molecule has 0 spiro atoms. The van der Waals surface area contributed by atoms with Crippen LogP contribution in [-0.4, -0.2) is 11.1 Å². The fourth-order valence-corrected chi connectivity index (χ4v) is 1.41. The molecule has 0 aliphatic heterocycles. The van der Waals surface area contributed by atoms with Crippen LogP contribution in [0, 0.1) is 0 Å². The number of hydrogen-bond acceptors (Lipinski definition) is 1. The molecule has 2 nitrogen and oxygen atoms in total. The minimum absolute atomic E-state index is 0.359. The van der Waals surface area contributed by atoms with Crippen molar-refractivity contribution in [3.05, 3.63) is 48.0 Å². The largest absolute Gasteiger partial charge is 0.478 e. The van der Waals surface area contributed by atoms with E-state index < -0.39 is 5.97 Å². The second-order valence-electron chi connectivity index (χ2n) is 2.83. The number of benzene rings is 2. The lowest BCUT2D eigenvalue weighted by Gasteiger charge is -2.00. The first kappa shape index (κ1) is 19.5. The molecule has 2 rings (SSSR count). The highest BCUT2D eigenvalue weighted by atomic mass is 16.4.